The third-order valence-corrected chi connectivity index (χ3v) is 3.62. The Morgan fingerprint density at radius 2 is 2.10 bits per heavy atom. The second kappa shape index (κ2) is 5.74. The fourth-order valence-corrected chi connectivity index (χ4v) is 2.58. The summed E-state index contributed by atoms with van der Waals surface area (Å²) in [6.07, 6.45) is 0. The van der Waals surface area contributed by atoms with Gasteiger partial charge in [0.15, 0.2) is 0 Å². The quantitative estimate of drug-likeness (QED) is 0.682. The van der Waals surface area contributed by atoms with E-state index < -0.39 is 0 Å². The lowest BCUT2D eigenvalue weighted by Crippen LogP contribution is -2.04. The summed E-state index contributed by atoms with van der Waals surface area (Å²) >= 11 is 5.97. The van der Waals surface area contributed by atoms with E-state index in [1.807, 2.05) is 28.8 Å². The Hall–Kier alpha value is -2.07. The first-order chi connectivity index (χ1) is 10.2. The van der Waals surface area contributed by atoms with E-state index in [-0.39, 0.29) is 11.7 Å². The highest BCUT2D eigenvalue weighted by atomic mass is 35.5. The number of fused-ring (bicyclic) bond motifs is 1. The van der Waals surface area contributed by atoms with Crippen molar-refractivity contribution in [1.82, 2.24) is 9.55 Å². The lowest BCUT2D eigenvalue weighted by Gasteiger charge is -2.09. The maximum absolute atomic E-state index is 13.5. The van der Waals surface area contributed by atoms with Crippen molar-refractivity contribution in [2.75, 3.05) is 7.11 Å². The molecule has 1 aromatic heterocycles. The predicted octanol–water partition coefficient (Wildman–Crippen LogP) is 3.97. The van der Waals surface area contributed by atoms with Crippen LogP contribution in [0.25, 0.3) is 11.0 Å². The molecule has 0 aliphatic carbocycles. The Bertz CT molecular complexity index is 785. The van der Waals surface area contributed by atoms with E-state index in [4.69, 9.17) is 16.3 Å². The summed E-state index contributed by atoms with van der Waals surface area (Å²) in [5.74, 6) is 1.51. The second-order valence-electron chi connectivity index (χ2n) is 4.73. The van der Waals surface area contributed by atoms with Gasteiger partial charge in [0.1, 0.15) is 17.4 Å². The molecule has 3 rings (SSSR count). The summed E-state index contributed by atoms with van der Waals surface area (Å²) in [7, 11) is 1.63. The standard InChI is InChI=1S/C16H14ClFN2O/c1-21-13-4-2-3-11(7-13)10-20-15-8-12(18)5-6-14(15)19-16(20)9-17/h2-8H,9-10H2,1H3. The van der Waals surface area contributed by atoms with Crippen molar-refractivity contribution in [2.45, 2.75) is 12.4 Å². The molecule has 108 valence electrons. The molecular weight excluding hydrogens is 291 g/mol. The third kappa shape index (κ3) is 2.72. The van der Waals surface area contributed by atoms with Gasteiger partial charge in [-0.25, -0.2) is 9.37 Å². The van der Waals surface area contributed by atoms with Crippen molar-refractivity contribution in [3.05, 3.63) is 59.7 Å². The summed E-state index contributed by atoms with van der Waals surface area (Å²) in [6.45, 7) is 0.569. The highest BCUT2D eigenvalue weighted by Crippen LogP contribution is 2.21. The number of imidazole rings is 1. The number of methoxy groups -OCH3 is 1. The Kier molecular flexibility index (Phi) is 3.80. The molecule has 0 radical (unpaired) electrons. The van der Waals surface area contributed by atoms with Crippen molar-refractivity contribution >= 4 is 22.6 Å². The second-order valence-corrected chi connectivity index (χ2v) is 5.00. The fraction of sp³-hybridized carbons (Fsp3) is 0.188. The summed E-state index contributed by atoms with van der Waals surface area (Å²) in [5.41, 5.74) is 2.53. The minimum Gasteiger partial charge on any atom is -0.497 e. The molecule has 21 heavy (non-hydrogen) atoms. The Morgan fingerprint density at radius 3 is 2.86 bits per heavy atom. The zero-order valence-electron chi connectivity index (χ0n) is 11.5. The van der Waals surface area contributed by atoms with Crippen molar-refractivity contribution in [3.63, 3.8) is 0 Å². The van der Waals surface area contributed by atoms with Crippen LogP contribution in [0.15, 0.2) is 42.5 Å². The Labute approximate surface area is 126 Å². The van der Waals surface area contributed by atoms with Crippen LogP contribution in [0.2, 0.25) is 0 Å². The van der Waals surface area contributed by atoms with Gasteiger partial charge >= 0.3 is 0 Å². The molecule has 0 fully saturated rings. The van der Waals surface area contributed by atoms with Crippen LogP contribution in [0.3, 0.4) is 0 Å². The van der Waals surface area contributed by atoms with Gasteiger partial charge in [-0.05, 0) is 35.9 Å². The molecular formula is C16H14ClFN2O. The van der Waals surface area contributed by atoms with Crippen molar-refractivity contribution in [1.29, 1.82) is 0 Å². The van der Waals surface area contributed by atoms with Crippen LogP contribution in [-0.2, 0) is 12.4 Å². The first-order valence-electron chi connectivity index (χ1n) is 6.55. The van der Waals surface area contributed by atoms with Gasteiger partial charge in [-0.2, -0.15) is 0 Å². The molecule has 0 spiro atoms. The van der Waals surface area contributed by atoms with Gasteiger partial charge in [0.2, 0.25) is 0 Å². The van der Waals surface area contributed by atoms with Gasteiger partial charge in [-0.3, -0.25) is 0 Å². The molecule has 0 saturated heterocycles. The molecule has 0 amide bonds. The maximum Gasteiger partial charge on any atom is 0.125 e. The first-order valence-corrected chi connectivity index (χ1v) is 7.08. The van der Waals surface area contributed by atoms with E-state index in [2.05, 4.69) is 4.98 Å². The molecule has 0 unspecified atom stereocenters. The molecule has 3 aromatic rings. The van der Waals surface area contributed by atoms with Gasteiger partial charge < -0.3 is 9.30 Å². The van der Waals surface area contributed by atoms with Crippen molar-refractivity contribution in [2.24, 2.45) is 0 Å². The number of nitrogens with zero attached hydrogens (tertiary/aromatic N) is 2. The molecule has 0 N–H and O–H groups in total. The number of hydrogen-bond donors (Lipinski definition) is 0. The molecule has 0 bridgehead atoms. The summed E-state index contributed by atoms with van der Waals surface area (Å²) in [4.78, 5) is 4.44. The van der Waals surface area contributed by atoms with Crippen LogP contribution in [-0.4, -0.2) is 16.7 Å². The lowest BCUT2D eigenvalue weighted by atomic mass is 10.2. The van der Waals surface area contributed by atoms with E-state index in [0.29, 0.717) is 6.54 Å². The number of benzene rings is 2. The third-order valence-electron chi connectivity index (χ3n) is 3.38. The fourth-order valence-electron chi connectivity index (χ4n) is 2.38. The topological polar surface area (TPSA) is 27.1 Å². The zero-order chi connectivity index (χ0) is 14.8. The molecule has 0 aliphatic rings. The van der Waals surface area contributed by atoms with Crippen LogP contribution in [0.1, 0.15) is 11.4 Å². The molecule has 1 heterocycles. The van der Waals surface area contributed by atoms with Crippen LogP contribution in [0.4, 0.5) is 4.39 Å². The lowest BCUT2D eigenvalue weighted by molar-refractivity contribution is 0.414. The van der Waals surface area contributed by atoms with E-state index in [1.54, 1.807) is 13.2 Å². The van der Waals surface area contributed by atoms with Gasteiger partial charge in [-0.15, -0.1) is 11.6 Å². The number of alkyl halides is 1. The first kappa shape index (κ1) is 13.9. The van der Waals surface area contributed by atoms with Gasteiger partial charge in [-0.1, -0.05) is 12.1 Å². The molecule has 0 aliphatic heterocycles. The van der Waals surface area contributed by atoms with E-state index in [1.165, 1.54) is 12.1 Å². The van der Waals surface area contributed by atoms with Crippen molar-refractivity contribution in [3.8, 4) is 5.75 Å². The van der Waals surface area contributed by atoms with E-state index in [9.17, 15) is 4.39 Å². The van der Waals surface area contributed by atoms with Gasteiger partial charge in [0, 0.05) is 6.54 Å². The normalized spacial score (nSPS) is 11.0. The Morgan fingerprint density at radius 1 is 1.24 bits per heavy atom. The minimum absolute atomic E-state index is 0.278. The number of halogens is 2. The number of aromatic nitrogens is 2. The predicted molar refractivity (Wildman–Crippen MR) is 81.3 cm³/mol. The summed E-state index contributed by atoms with van der Waals surface area (Å²) in [6, 6.07) is 12.3. The van der Waals surface area contributed by atoms with Crippen molar-refractivity contribution < 1.29 is 9.13 Å². The highest BCUT2D eigenvalue weighted by molar-refractivity contribution is 6.16. The molecule has 5 heteroatoms. The van der Waals surface area contributed by atoms with E-state index >= 15 is 0 Å². The van der Waals surface area contributed by atoms with Gasteiger partial charge in [0.25, 0.3) is 0 Å². The van der Waals surface area contributed by atoms with Gasteiger partial charge in [0.05, 0.1) is 24.0 Å². The molecule has 2 aromatic carbocycles. The average molecular weight is 305 g/mol. The SMILES string of the molecule is COc1cccc(Cn2c(CCl)nc3ccc(F)cc32)c1. The van der Waals surface area contributed by atoms with Crippen LogP contribution < -0.4 is 4.74 Å². The molecule has 3 nitrogen and oxygen atoms in total. The smallest absolute Gasteiger partial charge is 0.125 e. The monoisotopic (exact) mass is 304 g/mol. The van der Waals surface area contributed by atoms with Crippen LogP contribution >= 0.6 is 11.6 Å². The maximum atomic E-state index is 13.5. The van der Waals surface area contributed by atoms with Crippen LogP contribution in [0.5, 0.6) is 5.75 Å². The minimum atomic E-state index is -0.282. The highest BCUT2D eigenvalue weighted by Gasteiger charge is 2.11. The van der Waals surface area contributed by atoms with Crippen LogP contribution in [0, 0.1) is 5.82 Å². The number of ether oxygens (including phenoxy) is 1. The summed E-state index contributed by atoms with van der Waals surface area (Å²) in [5, 5.41) is 0. The zero-order valence-corrected chi connectivity index (χ0v) is 12.3. The molecule has 0 saturated carbocycles. The van der Waals surface area contributed by atoms with E-state index in [0.717, 1.165) is 28.2 Å². The Balaban J connectivity index is 2.07. The average Bonchev–Trinajstić information content (AvgIpc) is 2.85. The largest absolute Gasteiger partial charge is 0.497 e. The number of hydrogen-bond acceptors (Lipinski definition) is 2. The molecule has 0 atom stereocenters. The number of rotatable bonds is 4. The summed E-state index contributed by atoms with van der Waals surface area (Å²) < 4.78 is 20.7.